The number of rotatable bonds is 11. The molecule has 0 fully saturated rings. The number of aliphatic carboxylic acids is 1. The normalized spacial score (nSPS) is 11.9. The van der Waals surface area contributed by atoms with Crippen molar-refractivity contribution in [3.05, 3.63) is 0 Å². The number of ether oxygens (including phenoxy) is 2. The zero-order valence-electron chi connectivity index (χ0n) is 12.6. The highest BCUT2D eigenvalue weighted by molar-refractivity contribution is 5.75. The van der Waals surface area contributed by atoms with Crippen molar-refractivity contribution in [2.45, 2.75) is 20.8 Å². The van der Waals surface area contributed by atoms with E-state index in [-0.39, 0.29) is 12.6 Å². The average molecular weight is 290 g/mol. The van der Waals surface area contributed by atoms with Crippen LogP contribution < -0.4 is 5.32 Å². The lowest BCUT2D eigenvalue weighted by atomic mass is 10.2. The number of carboxylic acid groups (broad SMARTS) is 1. The highest BCUT2D eigenvalue weighted by atomic mass is 16.5. The molecule has 0 rings (SSSR count). The summed E-state index contributed by atoms with van der Waals surface area (Å²) in [5.74, 6) is -1.54. The Hall–Kier alpha value is -1.34. The summed E-state index contributed by atoms with van der Waals surface area (Å²) in [5.41, 5.74) is 0. The van der Waals surface area contributed by atoms with Gasteiger partial charge in [0.05, 0.1) is 19.1 Å². The van der Waals surface area contributed by atoms with Gasteiger partial charge in [-0.15, -0.1) is 0 Å². The van der Waals surface area contributed by atoms with E-state index in [9.17, 15) is 9.59 Å². The van der Waals surface area contributed by atoms with Crippen LogP contribution >= 0.6 is 0 Å². The van der Waals surface area contributed by atoms with Crippen LogP contribution in [0.2, 0.25) is 0 Å². The highest BCUT2D eigenvalue weighted by Gasteiger charge is 2.16. The van der Waals surface area contributed by atoms with Crippen LogP contribution in [0.15, 0.2) is 0 Å². The van der Waals surface area contributed by atoms with Gasteiger partial charge in [0.2, 0.25) is 0 Å². The number of amides is 2. The molecule has 0 spiro atoms. The van der Waals surface area contributed by atoms with Gasteiger partial charge in [-0.05, 0) is 13.8 Å². The molecule has 118 valence electrons. The standard InChI is InChI=1S/C13H26N2O5/c1-4-19-8-6-15(7-9-20-5-2)13(18)14-10-11(3)12(16)17/h11H,4-10H2,1-3H3,(H,14,18)(H,16,17). The highest BCUT2D eigenvalue weighted by Crippen LogP contribution is 1.95. The van der Waals surface area contributed by atoms with Crippen LogP contribution in [-0.4, -0.2) is 68.1 Å². The van der Waals surface area contributed by atoms with Crippen LogP contribution in [0, 0.1) is 5.92 Å². The molecule has 0 saturated carbocycles. The summed E-state index contributed by atoms with van der Waals surface area (Å²) in [6.07, 6.45) is 0. The van der Waals surface area contributed by atoms with Crippen molar-refractivity contribution in [1.29, 1.82) is 0 Å². The first-order valence-electron chi connectivity index (χ1n) is 6.93. The van der Waals surface area contributed by atoms with E-state index in [0.29, 0.717) is 39.5 Å². The molecule has 0 aromatic rings. The van der Waals surface area contributed by atoms with Crippen LogP contribution in [0.1, 0.15) is 20.8 Å². The van der Waals surface area contributed by atoms with Crippen LogP contribution in [0.5, 0.6) is 0 Å². The molecule has 1 unspecified atom stereocenters. The number of hydrogen-bond donors (Lipinski definition) is 2. The van der Waals surface area contributed by atoms with Crippen LogP contribution in [-0.2, 0) is 14.3 Å². The molecule has 0 radical (unpaired) electrons. The third kappa shape index (κ3) is 8.71. The number of urea groups is 1. The number of hydrogen-bond acceptors (Lipinski definition) is 4. The lowest BCUT2D eigenvalue weighted by molar-refractivity contribution is -0.140. The Balaban J connectivity index is 4.19. The lowest BCUT2D eigenvalue weighted by Gasteiger charge is -2.23. The van der Waals surface area contributed by atoms with Gasteiger partial charge in [0.15, 0.2) is 0 Å². The van der Waals surface area contributed by atoms with Crippen molar-refractivity contribution in [2.75, 3.05) is 46.1 Å². The lowest BCUT2D eigenvalue weighted by Crippen LogP contribution is -2.45. The van der Waals surface area contributed by atoms with E-state index in [1.165, 1.54) is 0 Å². The van der Waals surface area contributed by atoms with E-state index in [0.717, 1.165) is 0 Å². The van der Waals surface area contributed by atoms with Gasteiger partial charge in [0, 0.05) is 32.8 Å². The first-order valence-corrected chi connectivity index (χ1v) is 6.93. The molecule has 0 bridgehead atoms. The number of carboxylic acids is 1. The summed E-state index contributed by atoms with van der Waals surface area (Å²) in [6, 6.07) is -0.294. The van der Waals surface area contributed by atoms with Gasteiger partial charge in [-0.3, -0.25) is 4.79 Å². The van der Waals surface area contributed by atoms with Crippen molar-refractivity contribution in [3.8, 4) is 0 Å². The molecule has 7 heteroatoms. The molecule has 1 atom stereocenters. The number of nitrogens with zero attached hydrogens (tertiary/aromatic N) is 1. The van der Waals surface area contributed by atoms with Gasteiger partial charge in [0.25, 0.3) is 0 Å². The first kappa shape index (κ1) is 18.7. The van der Waals surface area contributed by atoms with Gasteiger partial charge >= 0.3 is 12.0 Å². The minimum atomic E-state index is -0.930. The topological polar surface area (TPSA) is 88.1 Å². The molecule has 2 amide bonds. The van der Waals surface area contributed by atoms with Gasteiger partial charge in [-0.2, -0.15) is 0 Å². The molecule has 0 aliphatic rings. The SMILES string of the molecule is CCOCCN(CCOCC)C(=O)NCC(C)C(=O)O. The summed E-state index contributed by atoms with van der Waals surface area (Å²) in [4.78, 5) is 24.2. The molecule has 7 nitrogen and oxygen atoms in total. The maximum Gasteiger partial charge on any atom is 0.317 e. The van der Waals surface area contributed by atoms with Gasteiger partial charge < -0.3 is 24.8 Å². The van der Waals surface area contributed by atoms with Crippen LogP contribution in [0.4, 0.5) is 4.79 Å². The predicted octanol–water partition coefficient (Wildman–Crippen LogP) is 0.792. The number of nitrogens with one attached hydrogen (secondary N) is 1. The fourth-order valence-corrected chi connectivity index (χ4v) is 1.39. The zero-order valence-corrected chi connectivity index (χ0v) is 12.6. The van der Waals surface area contributed by atoms with E-state index in [2.05, 4.69) is 5.32 Å². The Labute approximate surface area is 120 Å². The van der Waals surface area contributed by atoms with Crippen LogP contribution in [0.3, 0.4) is 0 Å². The second-order valence-corrected chi connectivity index (χ2v) is 4.31. The van der Waals surface area contributed by atoms with Crippen molar-refractivity contribution in [3.63, 3.8) is 0 Å². The van der Waals surface area contributed by atoms with E-state index in [4.69, 9.17) is 14.6 Å². The molecule has 0 heterocycles. The monoisotopic (exact) mass is 290 g/mol. The summed E-state index contributed by atoms with van der Waals surface area (Å²) in [6.45, 7) is 8.42. The first-order chi connectivity index (χ1) is 9.52. The van der Waals surface area contributed by atoms with Crippen molar-refractivity contribution < 1.29 is 24.2 Å². The van der Waals surface area contributed by atoms with E-state index < -0.39 is 11.9 Å². The largest absolute Gasteiger partial charge is 0.481 e. The molecule has 20 heavy (non-hydrogen) atoms. The molecular weight excluding hydrogens is 264 g/mol. The minimum absolute atomic E-state index is 0.105. The second kappa shape index (κ2) is 11.5. The van der Waals surface area contributed by atoms with Crippen molar-refractivity contribution >= 4 is 12.0 Å². The van der Waals surface area contributed by atoms with Crippen LogP contribution in [0.25, 0.3) is 0 Å². The molecular formula is C13H26N2O5. The Morgan fingerprint density at radius 1 is 1.15 bits per heavy atom. The van der Waals surface area contributed by atoms with Gasteiger partial charge in [-0.25, -0.2) is 4.79 Å². The fourth-order valence-electron chi connectivity index (χ4n) is 1.39. The van der Waals surface area contributed by atoms with Gasteiger partial charge in [-0.1, -0.05) is 6.92 Å². The molecule has 0 aromatic carbocycles. The molecule has 2 N–H and O–H groups in total. The second-order valence-electron chi connectivity index (χ2n) is 4.31. The Morgan fingerprint density at radius 3 is 2.05 bits per heavy atom. The predicted molar refractivity (Wildman–Crippen MR) is 74.8 cm³/mol. The maximum atomic E-state index is 12.0. The average Bonchev–Trinajstić information content (AvgIpc) is 2.42. The van der Waals surface area contributed by atoms with E-state index in [1.807, 2.05) is 13.8 Å². The third-order valence-electron chi connectivity index (χ3n) is 2.69. The smallest absolute Gasteiger partial charge is 0.317 e. The third-order valence-corrected chi connectivity index (χ3v) is 2.69. The Kier molecular flexibility index (Phi) is 10.7. The molecule has 0 aliphatic carbocycles. The number of carbonyl (C=O) groups excluding carboxylic acids is 1. The summed E-state index contributed by atoms with van der Waals surface area (Å²) < 4.78 is 10.5. The Bertz CT molecular complexity index is 276. The molecule has 0 saturated heterocycles. The summed E-state index contributed by atoms with van der Waals surface area (Å²) in [7, 11) is 0. The molecule has 0 aromatic heterocycles. The van der Waals surface area contributed by atoms with Gasteiger partial charge in [0.1, 0.15) is 0 Å². The minimum Gasteiger partial charge on any atom is -0.481 e. The Morgan fingerprint density at radius 2 is 1.65 bits per heavy atom. The zero-order chi connectivity index (χ0) is 15.4. The fraction of sp³-hybridized carbons (Fsp3) is 0.846. The molecule has 0 aliphatic heterocycles. The van der Waals surface area contributed by atoms with Crippen molar-refractivity contribution in [1.82, 2.24) is 10.2 Å². The summed E-state index contributed by atoms with van der Waals surface area (Å²) in [5, 5.41) is 11.4. The van der Waals surface area contributed by atoms with E-state index in [1.54, 1.807) is 11.8 Å². The van der Waals surface area contributed by atoms with E-state index >= 15 is 0 Å². The quantitative estimate of drug-likeness (QED) is 0.549. The maximum absolute atomic E-state index is 12.0. The van der Waals surface area contributed by atoms with Crippen molar-refractivity contribution in [2.24, 2.45) is 5.92 Å². The summed E-state index contributed by atoms with van der Waals surface area (Å²) >= 11 is 0. The number of carbonyl (C=O) groups is 2.